The van der Waals surface area contributed by atoms with Crippen molar-refractivity contribution >= 4 is 0 Å². The quantitative estimate of drug-likeness (QED) is 0.854. The van der Waals surface area contributed by atoms with Gasteiger partial charge in [0.05, 0.1) is 0 Å². The molecule has 1 aromatic rings. The Kier molecular flexibility index (Phi) is 3.77. The Bertz CT molecular complexity index is 370. The third-order valence-corrected chi connectivity index (χ3v) is 3.63. The average Bonchev–Trinajstić information content (AvgIpc) is 2.29. The van der Waals surface area contributed by atoms with Crippen LogP contribution in [0.25, 0.3) is 0 Å². The minimum Gasteiger partial charge on any atom is -0.317 e. The number of benzene rings is 1. The SMILES string of the molecule is CC(F)(Cc1cccc(F)c1)C1CCNCC1. The summed E-state index contributed by atoms with van der Waals surface area (Å²) in [5.41, 5.74) is -0.496. The van der Waals surface area contributed by atoms with Crippen LogP contribution < -0.4 is 5.32 Å². The molecule has 1 saturated heterocycles. The van der Waals surface area contributed by atoms with Gasteiger partial charge in [0, 0.05) is 6.42 Å². The molecule has 1 aromatic carbocycles. The van der Waals surface area contributed by atoms with E-state index in [9.17, 15) is 8.78 Å². The van der Waals surface area contributed by atoms with Crippen LogP contribution in [-0.2, 0) is 6.42 Å². The van der Waals surface area contributed by atoms with Crippen LogP contribution in [0, 0.1) is 11.7 Å². The number of halogens is 2. The first-order valence-electron chi connectivity index (χ1n) is 6.22. The molecule has 1 unspecified atom stereocenters. The van der Waals surface area contributed by atoms with Gasteiger partial charge >= 0.3 is 0 Å². The molecule has 0 saturated carbocycles. The molecule has 1 fully saturated rings. The highest BCUT2D eigenvalue weighted by molar-refractivity contribution is 5.18. The Balaban J connectivity index is 2.05. The molecule has 1 atom stereocenters. The maximum absolute atomic E-state index is 14.6. The molecule has 0 aromatic heterocycles. The van der Waals surface area contributed by atoms with Crippen LogP contribution in [0.1, 0.15) is 25.3 Å². The van der Waals surface area contributed by atoms with E-state index in [0.29, 0.717) is 6.42 Å². The Hall–Kier alpha value is -0.960. The van der Waals surface area contributed by atoms with Gasteiger partial charge < -0.3 is 5.32 Å². The Labute approximate surface area is 101 Å². The van der Waals surface area contributed by atoms with Crippen LogP contribution in [0.4, 0.5) is 8.78 Å². The molecule has 0 radical (unpaired) electrons. The predicted octanol–water partition coefficient (Wildman–Crippen LogP) is 3.10. The Morgan fingerprint density at radius 2 is 2.06 bits per heavy atom. The lowest BCUT2D eigenvalue weighted by atomic mass is 9.80. The molecule has 2 rings (SSSR count). The van der Waals surface area contributed by atoms with E-state index in [1.54, 1.807) is 19.1 Å². The van der Waals surface area contributed by atoms with Crippen LogP contribution >= 0.6 is 0 Å². The van der Waals surface area contributed by atoms with Crippen molar-refractivity contribution in [1.82, 2.24) is 5.32 Å². The lowest BCUT2D eigenvalue weighted by Gasteiger charge is -2.34. The van der Waals surface area contributed by atoms with Gasteiger partial charge in [-0.05, 0) is 56.5 Å². The molecular formula is C14H19F2N. The van der Waals surface area contributed by atoms with Gasteiger partial charge in [-0.15, -0.1) is 0 Å². The van der Waals surface area contributed by atoms with Crippen LogP contribution in [0.5, 0.6) is 0 Å². The molecule has 0 bridgehead atoms. The molecule has 1 N–H and O–H groups in total. The van der Waals surface area contributed by atoms with Gasteiger partial charge in [0.15, 0.2) is 0 Å². The molecule has 94 valence electrons. The molecule has 1 aliphatic heterocycles. The van der Waals surface area contributed by atoms with Gasteiger partial charge in [-0.25, -0.2) is 8.78 Å². The van der Waals surface area contributed by atoms with Crippen LogP contribution in [0.15, 0.2) is 24.3 Å². The monoisotopic (exact) mass is 239 g/mol. The highest BCUT2D eigenvalue weighted by atomic mass is 19.1. The summed E-state index contributed by atoms with van der Waals surface area (Å²) >= 11 is 0. The fraction of sp³-hybridized carbons (Fsp3) is 0.571. The summed E-state index contributed by atoms with van der Waals surface area (Å²) in [7, 11) is 0. The van der Waals surface area contributed by atoms with Crippen molar-refractivity contribution in [2.45, 2.75) is 31.9 Å². The van der Waals surface area contributed by atoms with E-state index in [4.69, 9.17) is 0 Å². The zero-order valence-electron chi connectivity index (χ0n) is 10.2. The van der Waals surface area contributed by atoms with Gasteiger partial charge in [0.2, 0.25) is 0 Å². The molecule has 17 heavy (non-hydrogen) atoms. The minimum atomic E-state index is -1.24. The minimum absolute atomic E-state index is 0.0759. The summed E-state index contributed by atoms with van der Waals surface area (Å²) in [4.78, 5) is 0. The van der Waals surface area contributed by atoms with E-state index >= 15 is 0 Å². The summed E-state index contributed by atoms with van der Waals surface area (Å²) in [5, 5.41) is 3.23. The van der Waals surface area contributed by atoms with Crippen molar-refractivity contribution < 1.29 is 8.78 Å². The summed E-state index contributed by atoms with van der Waals surface area (Å²) in [6, 6.07) is 6.26. The highest BCUT2D eigenvalue weighted by Gasteiger charge is 2.34. The molecule has 3 heteroatoms. The normalized spacial score (nSPS) is 21.1. The van der Waals surface area contributed by atoms with E-state index in [1.165, 1.54) is 12.1 Å². The molecule has 1 nitrogen and oxygen atoms in total. The van der Waals surface area contributed by atoms with E-state index in [2.05, 4.69) is 5.32 Å². The number of rotatable bonds is 3. The molecule has 0 aliphatic carbocycles. The summed E-state index contributed by atoms with van der Waals surface area (Å²) in [5.74, 6) is -0.212. The summed E-state index contributed by atoms with van der Waals surface area (Å²) in [6.07, 6.45) is 2.03. The Morgan fingerprint density at radius 3 is 2.71 bits per heavy atom. The topological polar surface area (TPSA) is 12.0 Å². The summed E-state index contributed by atoms with van der Waals surface area (Å²) in [6.45, 7) is 3.41. The second kappa shape index (κ2) is 5.13. The van der Waals surface area contributed by atoms with Crippen molar-refractivity contribution in [3.8, 4) is 0 Å². The van der Waals surface area contributed by atoms with Crippen molar-refractivity contribution in [1.29, 1.82) is 0 Å². The number of nitrogens with one attached hydrogen (secondary N) is 1. The summed E-state index contributed by atoms with van der Waals surface area (Å²) < 4.78 is 27.7. The number of alkyl halides is 1. The number of piperidine rings is 1. The number of hydrogen-bond acceptors (Lipinski definition) is 1. The third-order valence-electron chi connectivity index (χ3n) is 3.63. The smallest absolute Gasteiger partial charge is 0.123 e. The van der Waals surface area contributed by atoms with Crippen molar-refractivity contribution in [3.63, 3.8) is 0 Å². The highest BCUT2D eigenvalue weighted by Crippen LogP contribution is 2.32. The lowest BCUT2D eigenvalue weighted by Crippen LogP contribution is -2.40. The van der Waals surface area contributed by atoms with Gasteiger partial charge in [-0.3, -0.25) is 0 Å². The first-order chi connectivity index (χ1) is 8.08. The first-order valence-corrected chi connectivity index (χ1v) is 6.22. The van der Waals surface area contributed by atoms with Crippen LogP contribution in [0.3, 0.4) is 0 Å². The standard InChI is InChI=1S/C14H19F2N/c1-14(16,12-5-7-17-8-6-12)10-11-3-2-4-13(15)9-11/h2-4,9,12,17H,5-8,10H2,1H3. The molecule has 0 amide bonds. The predicted molar refractivity (Wildman–Crippen MR) is 65.2 cm³/mol. The fourth-order valence-corrected chi connectivity index (χ4v) is 2.61. The fourth-order valence-electron chi connectivity index (χ4n) is 2.61. The molecule has 1 heterocycles. The van der Waals surface area contributed by atoms with Crippen LogP contribution in [0.2, 0.25) is 0 Å². The van der Waals surface area contributed by atoms with E-state index < -0.39 is 5.67 Å². The lowest BCUT2D eigenvalue weighted by molar-refractivity contribution is 0.0795. The zero-order chi connectivity index (χ0) is 12.3. The van der Waals surface area contributed by atoms with Crippen molar-refractivity contribution in [2.24, 2.45) is 5.92 Å². The maximum Gasteiger partial charge on any atom is 0.123 e. The third kappa shape index (κ3) is 3.25. The van der Waals surface area contributed by atoms with Crippen molar-refractivity contribution in [3.05, 3.63) is 35.6 Å². The molecular weight excluding hydrogens is 220 g/mol. The van der Waals surface area contributed by atoms with Gasteiger partial charge in [0.1, 0.15) is 11.5 Å². The molecule has 1 aliphatic rings. The second-order valence-electron chi connectivity index (χ2n) is 5.11. The van der Waals surface area contributed by atoms with Gasteiger partial charge in [0.25, 0.3) is 0 Å². The van der Waals surface area contributed by atoms with E-state index in [1.807, 2.05) is 0 Å². The first kappa shape index (κ1) is 12.5. The molecule has 0 spiro atoms. The van der Waals surface area contributed by atoms with Gasteiger partial charge in [-0.1, -0.05) is 12.1 Å². The second-order valence-corrected chi connectivity index (χ2v) is 5.11. The van der Waals surface area contributed by atoms with E-state index in [-0.39, 0.29) is 11.7 Å². The maximum atomic E-state index is 14.6. The zero-order valence-corrected chi connectivity index (χ0v) is 10.2. The Morgan fingerprint density at radius 1 is 1.35 bits per heavy atom. The number of hydrogen-bond donors (Lipinski definition) is 1. The largest absolute Gasteiger partial charge is 0.317 e. The van der Waals surface area contributed by atoms with Crippen LogP contribution in [-0.4, -0.2) is 18.8 Å². The average molecular weight is 239 g/mol. The van der Waals surface area contributed by atoms with Crippen molar-refractivity contribution in [2.75, 3.05) is 13.1 Å². The van der Waals surface area contributed by atoms with E-state index in [0.717, 1.165) is 31.5 Å². The van der Waals surface area contributed by atoms with Gasteiger partial charge in [-0.2, -0.15) is 0 Å².